The zero-order chi connectivity index (χ0) is 21.8. The van der Waals surface area contributed by atoms with Crippen LogP contribution in [0.3, 0.4) is 0 Å². The van der Waals surface area contributed by atoms with Gasteiger partial charge in [-0.3, -0.25) is 0 Å². The number of halogens is 3. The molecule has 0 unspecified atom stereocenters. The molecule has 0 bridgehead atoms. The fourth-order valence-electron chi connectivity index (χ4n) is 3.36. The third kappa shape index (κ3) is 4.71. The zero-order valence-corrected chi connectivity index (χ0v) is 19.5. The quantitative estimate of drug-likeness (QED) is 0.190. The molecule has 0 aliphatic rings. The number of hydrogen-bond acceptors (Lipinski definition) is 2. The molecule has 0 saturated heterocycles. The Balaban J connectivity index is 1.66. The monoisotopic (exact) mass is 535 g/mol. The summed E-state index contributed by atoms with van der Waals surface area (Å²) in [6, 6.07) is 26.5. The number of nitriles is 1. The van der Waals surface area contributed by atoms with E-state index in [1.807, 2.05) is 60.7 Å². The molecule has 0 N–H and O–H groups in total. The van der Waals surface area contributed by atoms with E-state index in [9.17, 15) is 9.65 Å². The van der Waals surface area contributed by atoms with Crippen LogP contribution in [0, 0.1) is 17.1 Å². The van der Waals surface area contributed by atoms with Gasteiger partial charge < -0.3 is 4.74 Å². The average Bonchev–Trinajstić information content (AvgIpc) is 2.78. The van der Waals surface area contributed by atoms with Crippen molar-refractivity contribution >= 4 is 54.3 Å². The number of ether oxygens (including phenoxy) is 1. The lowest BCUT2D eigenvalue weighted by atomic mass is 9.97. The van der Waals surface area contributed by atoms with E-state index in [1.165, 1.54) is 6.07 Å². The van der Waals surface area contributed by atoms with Gasteiger partial charge in [0.25, 0.3) is 0 Å². The fourth-order valence-corrected chi connectivity index (χ4v) is 4.81. The van der Waals surface area contributed by atoms with Gasteiger partial charge in [0, 0.05) is 11.1 Å². The normalized spacial score (nSPS) is 11.4. The molecule has 0 heterocycles. The standard InChI is InChI=1S/C26H16Br2FNO/c27-23-13-17(14-24(28)26(23)31-16-19-7-2-4-11-25(19)29)12-20(15-30)22-10-5-8-18-6-1-3-9-21(18)22/h1-14H,16H2/b20-12-. The van der Waals surface area contributed by atoms with Gasteiger partial charge in [-0.2, -0.15) is 5.26 Å². The molecule has 0 aromatic heterocycles. The summed E-state index contributed by atoms with van der Waals surface area (Å²) in [7, 11) is 0. The Labute approximate surface area is 196 Å². The van der Waals surface area contributed by atoms with Crippen molar-refractivity contribution in [3.63, 3.8) is 0 Å². The van der Waals surface area contributed by atoms with Gasteiger partial charge in [-0.15, -0.1) is 0 Å². The Kier molecular flexibility index (Phi) is 6.50. The van der Waals surface area contributed by atoms with Crippen molar-refractivity contribution in [2.24, 2.45) is 0 Å². The van der Waals surface area contributed by atoms with Gasteiger partial charge in [-0.1, -0.05) is 60.7 Å². The van der Waals surface area contributed by atoms with Crippen molar-refractivity contribution in [2.75, 3.05) is 0 Å². The second-order valence-corrected chi connectivity index (χ2v) is 8.60. The fraction of sp³-hybridized carbons (Fsp3) is 0.0385. The highest BCUT2D eigenvalue weighted by Gasteiger charge is 2.12. The second-order valence-electron chi connectivity index (χ2n) is 6.89. The minimum absolute atomic E-state index is 0.110. The van der Waals surface area contributed by atoms with Crippen molar-refractivity contribution in [2.45, 2.75) is 6.61 Å². The minimum atomic E-state index is -0.303. The van der Waals surface area contributed by atoms with Crippen LogP contribution < -0.4 is 4.74 Å². The SMILES string of the molecule is N#C/C(=C/c1cc(Br)c(OCc2ccccc2F)c(Br)c1)c1cccc2ccccc12. The summed E-state index contributed by atoms with van der Waals surface area (Å²) in [5.74, 6) is 0.270. The molecule has 5 heteroatoms. The Hall–Kier alpha value is -2.94. The maximum atomic E-state index is 13.9. The maximum absolute atomic E-state index is 13.9. The van der Waals surface area contributed by atoms with Crippen LogP contribution in [0.4, 0.5) is 4.39 Å². The Bertz CT molecular complexity index is 1310. The molecular formula is C26H16Br2FNO. The Morgan fingerprint density at radius 1 is 0.935 bits per heavy atom. The van der Waals surface area contributed by atoms with E-state index in [0.29, 0.717) is 25.8 Å². The summed E-state index contributed by atoms with van der Waals surface area (Å²) in [6.07, 6.45) is 1.85. The molecule has 4 rings (SSSR count). The molecule has 0 atom stereocenters. The lowest BCUT2D eigenvalue weighted by Crippen LogP contribution is -1.99. The molecule has 2 nitrogen and oxygen atoms in total. The summed E-state index contributed by atoms with van der Waals surface area (Å²) in [5, 5.41) is 11.9. The minimum Gasteiger partial charge on any atom is -0.486 e. The Morgan fingerprint density at radius 3 is 2.35 bits per heavy atom. The van der Waals surface area contributed by atoms with Crippen LogP contribution in [0.2, 0.25) is 0 Å². The van der Waals surface area contributed by atoms with E-state index in [0.717, 1.165) is 21.9 Å². The van der Waals surface area contributed by atoms with Crippen LogP contribution in [0.25, 0.3) is 22.4 Å². The molecule has 0 radical (unpaired) electrons. The molecule has 152 valence electrons. The highest BCUT2D eigenvalue weighted by Crippen LogP contribution is 2.37. The number of hydrogen-bond donors (Lipinski definition) is 0. The maximum Gasteiger partial charge on any atom is 0.148 e. The number of benzene rings is 4. The van der Waals surface area contributed by atoms with Crippen LogP contribution in [0.1, 0.15) is 16.7 Å². The lowest BCUT2D eigenvalue weighted by molar-refractivity contribution is 0.296. The van der Waals surface area contributed by atoms with Crippen LogP contribution in [0.15, 0.2) is 87.8 Å². The molecule has 0 saturated carbocycles. The van der Waals surface area contributed by atoms with Gasteiger partial charge >= 0.3 is 0 Å². The lowest BCUT2D eigenvalue weighted by Gasteiger charge is -2.12. The Morgan fingerprint density at radius 2 is 1.61 bits per heavy atom. The molecule has 0 fully saturated rings. The van der Waals surface area contributed by atoms with Gasteiger partial charge in [-0.25, -0.2) is 4.39 Å². The first-order valence-corrected chi connectivity index (χ1v) is 11.1. The second kappa shape index (κ2) is 9.47. The highest BCUT2D eigenvalue weighted by atomic mass is 79.9. The van der Waals surface area contributed by atoms with E-state index in [1.54, 1.807) is 18.2 Å². The number of fused-ring (bicyclic) bond motifs is 1. The van der Waals surface area contributed by atoms with E-state index in [4.69, 9.17) is 4.74 Å². The summed E-state index contributed by atoms with van der Waals surface area (Å²) >= 11 is 7.07. The van der Waals surface area contributed by atoms with Gasteiger partial charge in [0.05, 0.1) is 20.6 Å². The van der Waals surface area contributed by atoms with E-state index in [-0.39, 0.29) is 12.4 Å². The zero-order valence-electron chi connectivity index (χ0n) is 16.3. The highest BCUT2D eigenvalue weighted by molar-refractivity contribution is 9.11. The third-order valence-electron chi connectivity index (χ3n) is 4.86. The van der Waals surface area contributed by atoms with Crippen molar-refractivity contribution in [1.82, 2.24) is 0 Å². The molecule has 0 spiro atoms. The van der Waals surface area contributed by atoms with Gasteiger partial charge in [-0.05, 0) is 72.5 Å². The molecule has 0 aliphatic heterocycles. The summed E-state index contributed by atoms with van der Waals surface area (Å²) in [5.41, 5.74) is 2.76. The molecule has 0 aliphatic carbocycles. The summed E-state index contributed by atoms with van der Waals surface area (Å²) in [4.78, 5) is 0. The first kappa shape index (κ1) is 21.3. The van der Waals surface area contributed by atoms with Crippen molar-refractivity contribution in [1.29, 1.82) is 5.26 Å². The topological polar surface area (TPSA) is 33.0 Å². The average molecular weight is 537 g/mol. The smallest absolute Gasteiger partial charge is 0.148 e. The predicted molar refractivity (Wildman–Crippen MR) is 130 cm³/mol. The first-order chi connectivity index (χ1) is 15.1. The largest absolute Gasteiger partial charge is 0.486 e. The predicted octanol–water partition coefficient (Wildman–Crippen LogP) is 8.15. The van der Waals surface area contributed by atoms with Crippen molar-refractivity contribution < 1.29 is 9.13 Å². The van der Waals surface area contributed by atoms with Gasteiger partial charge in [0.2, 0.25) is 0 Å². The van der Waals surface area contributed by atoms with Crippen LogP contribution in [0.5, 0.6) is 5.75 Å². The third-order valence-corrected chi connectivity index (χ3v) is 6.04. The molecule has 4 aromatic rings. The van der Waals surface area contributed by atoms with E-state index in [2.05, 4.69) is 37.9 Å². The van der Waals surface area contributed by atoms with Crippen LogP contribution in [-0.4, -0.2) is 0 Å². The summed E-state index contributed by atoms with van der Waals surface area (Å²) < 4.78 is 21.1. The molecule has 4 aromatic carbocycles. The first-order valence-electron chi connectivity index (χ1n) is 9.52. The molecular weight excluding hydrogens is 521 g/mol. The summed E-state index contributed by atoms with van der Waals surface area (Å²) in [6.45, 7) is 0.110. The van der Waals surface area contributed by atoms with Gasteiger partial charge in [0.15, 0.2) is 0 Å². The van der Waals surface area contributed by atoms with Crippen molar-refractivity contribution in [3.05, 3.63) is 110 Å². The van der Waals surface area contributed by atoms with E-state index < -0.39 is 0 Å². The number of nitrogens with zero attached hydrogens (tertiary/aromatic N) is 1. The number of rotatable bonds is 5. The molecule has 0 amide bonds. The van der Waals surface area contributed by atoms with E-state index >= 15 is 0 Å². The van der Waals surface area contributed by atoms with Gasteiger partial charge in [0.1, 0.15) is 18.2 Å². The molecule has 31 heavy (non-hydrogen) atoms. The number of allylic oxidation sites excluding steroid dienone is 1. The van der Waals surface area contributed by atoms with Crippen LogP contribution >= 0.6 is 31.9 Å². The van der Waals surface area contributed by atoms with Crippen molar-refractivity contribution in [3.8, 4) is 11.8 Å². The van der Waals surface area contributed by atoms with Crippen LogP contribution in [-0.2, 0) is 6.61 Å².